The molecule has 1 heterocycles. The van der Waals surface area contributed by atoms with Crippen molar-refractivity contribution < 1.29 is 9.21 Å². The van der Waals surface area contributed by atoms with Crippen molar-refractivity contribution in [3.63, 3.8) is 0 Å². The van der Waals surface area contributed by atoms with Crippen molar-refractivity contribution in [3.05, 3.63) is 24.2 Å². The molecule has 0 saturated carbocycles. The van der Waals surface area contributed by atoms with Crippen LogP contribution in [-0.4, -0.2) is 24.8 Å². The molecule has 1 rings (SSSR count). The first-order chi connectivity index (χ1) is 6.53. The van der Waals surface area contributed by atoms with Gasteiger partial charge in [-0.15, -0.1) is 0 Å². The van der Waals surface area contributed by atoms with Crippen LogP contribution in [0.1, 0.15) is 19.4 Å². The fourth-order valence-corrected chi connectivity index (χ4v) is 1.48. The third-order valence-corrected chi connectivity index (χ3v) is 2.03. The average Bonchev–Trinajstić information content (AvgIpc) is 2.55. The average molecular weight is 195 g/mol. The van der Waals surface area contributed by atoms with Gasteiger partial charge in [0, 0.05) is 24.1 Å². The minimum absolute atomic E-state index is 0.279. The quantitative estimate of drug-likeness (QED) is 0.673. The van der Waals surface area contributed by atoms with E-state index in [0.717, 1.165) is 24.9 Å². The summed E-state index contributed by atoms with van der Waals surface area (Å²) in [5, 5.41) is 0. The molecule has 0 unspecified atom stereocenters. The van der Waals surface area contributed by atoms with Crippen LogP contribution in [0.2, 0.25) is 0 Å². The molecule has 0 N–H and O–H groups in total. The van der Waals surface area contributed by atoms with E-state index in [4.69, 9.17) is 4.42 Å². The molecule has 0 aliphatic heterocycles. The first-order valence-corrected chi connectivity index (χ1v) is 4.69. The third kappa shape index (κ3) is 3.34. The highest BCUT2D eigenvalue weighted by Gasteiger charge is 2.18. The van der Waals surface area contributed by atoms with E-state index in [1.165, 1.54) is 0 Å². The van der Waals surface area contributed by atoms with E-state index >= 15 is 0 Å². The lowest BCUT2D eigenvalue weighted by molar-refractivity contribution is -0.115. The van der Waals surface area contributed by atoms with Crippen LogP contribution < -0.4 is 0 Å². The topological polar surface area (TPSA) is 33.5 Å². The van der Waals surface area contributed by atoms with Crippen molar-refractivity contribution in [3.8, 4) is 0 Å². The van der Waals surface area contributed by atoms with Gasteiger partial charge < -0.3 is 14.1 Å². The second-order valence-electron chi connectivity index (χ2n) is 4.41. The number of carbonyl (C=O) groups excluding carboxylic acids is 1. The third-order valence-electron chi connectivity index (χ3n) is 2.03. The van der Waals surface area contributed by atoms with Gasteiger partial charge >= 0.3 is 0 Å². The number of hydrogen-bond donors (Lipinski definition) is 0. The van der Waals surface area contributed by atoms with Gasteiger partial charge in [-0.05, 0) is 13.1 Å². The molecule has 1 aromatic heterocycles. The highest BCUT2D eigenvalue weighted by molar-refractivity contribution is 5.58. The second-order valence-corrected chi connectivity index (χ2v) is 4.41. The summed E-state index contributed by atoms with van der Waals surface area (Å²) in [5.74, 6) is 0. The Labute approximate surface area is 84.7 Å². The van der Waals surface area contributed by atoms with E-state index in [1.54, 1.807) is 12.5 Å². The van der Waals surface area contributed by atoms with Crippen LogP contribution in [0.3, 0.4) is 0 Å². The van der Waals surface area contributed by atoms with Gasteiger partial charge in [-0.25, -0.2) is 0 Å². The molecule has 0 bridgehead atoms. The summed E-state index contributed by atoms with van der Waals surface area (Å²) in [6.45, 7) is 5.44. The van der Waals surface area contributed by atoms with Crippen LogP contribution in [0.5, 0.6) is 0 Å². The maximum absolute atomic E-state index is 10.7. The lowest BCUT2D eigenvalue weighted by atomic mass is 9.95. The molecule has 0 saturated heterocycles. The van der Waals surface area contributed by atoms with Gasteiger partial charge in [0.2, 0.25) is 0 Å². The molecule has 0 amide bonds. The summed E-state index contributed by atoms with van der Waals surface area (Å²) < 4.78 is 4.98. The Morgan fingerprint density at radius 3 is 2.79 bits per heavy atom. The minimum Gasteiger partial charge on any atom is -0.472 e. The van der Waals surface area contributed by atoms with Gasteiger partial charge in [-0.2, -0.15) is 0 Å². The Morgan fingerprint density at radius 2 is 2.29 bits per heavy atom. The zero-order chi connectivity index (χ0) is 10.6. The van der Waals surface area contributed by atoms with E-state index in [9.17, 15) is 4.79 Å². The highest BCUT2D eigenvalue weighted by atomic mass is 16.3. The zero-order valence-corrected chi connectivity index (χ0v) is 8.99. The van der Waals surface area contributed by atoms with E-state index < -0.39 is 0 Å². The number of furan rings is 1. The van der Waals surface area contributed by atoms with Crippen LogP contribution in [0.25, 0.3) is 0 Å². The lowest BCUT2D eigenvalue weighted by Gasteiger charge is -2.24. The van der Waals surface area contributed by atoms with E-state index in [1.807, 2.05) is 27.0 Å². The van der Waals surface area contributed by atoms with Crippen LogP contribution >= 0.6 is 0 Å². The predicted octanol–water partition coefficient (Wildman–Crippen LogP) is 1.94. The summed E-state index contributed by atoms with van der Waals surface area (Å²) in [5.41, 5.74) is 0.854. The molecule has 0 aromatic carbocycles. The van der Waals surface area contributed by atoms with Crippen LogP contribution in [0.4, 0.5) is 0 Å². The number of hydrogen-bond acceptors (Lipinski definition) is 3. The fourth-order valence-electron chi connectivity index (χ4n) is 1.48. The Morgan fingerprint density at radius 1 is 1.57 bits per heavy atom. The van der Waals surface area contributed by atoms with Gasteiger partial charge in [0.25, 0.3) is 0 Å². The number of nitrogens with zero attached hydrogens (tertiary/aromatic N) is 1. The fraction of sp³-hybridized carbons (Fsp3) is 0.545. The van der Waals surface area contributed by atoms with E-state index in [0.29, 0.717) is 0 Å². The Balaban J connectivity index is 2.43. The minimum atomic E-state index is -0.279. The van der Waals surface area contributed by atoms with Gasteiger partial charge in [0.1, 0.15) is 6.29 Å². The van der Waals surface area contributed by atoms with Crippen molar-refractivity contribution in [2.45, 2.75) is 20.4 Å². The molecular formula is C11H17NO2. The Hall–Kier alpha value is -1.09. The molecule has 1 aromatic rings. The van der Waals surface area contributed by atoms with Crippen LogP contribution in [0, 0.1) is 5.41 Å². The van der Waals surface area contributed by atoms with E-state index in [-0.39, 0.29) is 5.41 Å². The number of rotatable bonds is 5. The van der Waals surface area contributed by atoms with Crippen LogP contribution in [-0.2, 0) is 11.3 Å². The Kier molecular flexibility index (Phi) is 3.47. The first-order valence-electron chi connectivity index (χ1n) is 4.69. The van der Waals surface area contributed by atoms with Crippen molar-refractivity contribution in [1.82, 2.24) is 4.90 Å². The largest absolute Gasteiger partial charge is 0.472 e. The molecule has 0 fully saturated rings. The molecule has 0 radical (unpaired) electrons. The van der Waals surface area contributed by atoms with Crippen LogP contribution in [0.15, 0.2) is 23.0 Å². The molecule has 0 aliphatic carbocycles. The SMILES string of the molecule is CN(Cc1ccoc1)CC(C)(C)C=O. The predicted molar refractivity (Wildman–Crippen MR) is 54.9 cm³/mol. The van der Waals surface area contributed by atoms with Gasteiger partial charge in [0.15, 0.2) is 0 Å². The normalized spacial score (nSPS) is 12.0. The molecule has 0 aliphatic rings. The molecule has 3 nitrogen and oxygen atoms in total. The summed E-state index contributed by atoms with van der Waals surface area (Å²) in [6.07, 6.45) is 4.39. The zero-order valence-electron chi connectivity index (χ0n) is 8.99. The molecule has 3 heteroatoms. The number of carbonyl (C=O) groups is 1. The highest BCUT2D eigenvalue weighted by Crippen LogP contribution is 2.14. The summed E-state index contributed by atoms with van der Waals surface area (Å²) in [4.78, 5) is 12.8. The van der Waals surface area contributed by atoms with Gasteiger partial charge in [-0.1, -0.05) is 13.8 Å². The molecule has 0 atom stereocenters. The monoisotopic (exact) mass is 195 g/mol. The van der Waals surface area contributed by atoms with Gasteiger partial charge in [-0.3, -0.25) is 0 Å². The Bertz CT molecular complexity index is 277. The first kappa shape index (κ1) is 11.0. The molecular weight excluding hydrogens is 178 g/mol. The standard InChI is InChI=1S/C11H17NO2/c1-11(2,9-13)8-12(3)6-10-4-5-14-7-10/h4-5,7,9H,6,8H2,1-3H3. The van der Waals surface area contributed by atoms with E-state index in [2.05, 4.69) is 4.90 Å². The summed E-state index contributed by atoms with van der Waals surface area (Å²) in [7, 11) is 2.00. The summed E-state index contributed by atoms with van der Waals surface area (Å²) in [6, 6.07) is 1.93. The van der Waals surface area contributed by atoms with Gasteiger partial charge in [0.05, 0.1) is 12.5 Å². The lowest BCUT2D eigenvalue weighted by Crippen LogP contribution is -2.31. The molecule has 0 spiro atoms. The van der Waals surface area contributed by atoms with Crippen molar-refractivity contribution >= 4 is 6.29 Å². The second kappa shape index (κ2) is 4.42. The summed E-state index contributed by atoms with van der Waals surface area (Å²) >= 11 is 0. The maximum atomic E-state index is 10.7. The molecule has 78 valence electrons. The van der Waals surface area contributed by atoms with Crippen molar-refractivity contribution in [2.24, 2.45) is 5.41 Å². The number of aldehydes is 1. The van der Waals surface area contributed by atoms with Crippen molar-refractivity contribution in [1.29, 1.82) is 0 Å². The maximum Gasteiger partial charge on any atom is 0.126 e. The molecule has 14 heavy (non-hydrogen) atoms. The van der Waals surface area contributed by atoms with Crippen molar-refractivity contribution in [2.75, 3.05) is 13.6 Å². The smallest absolute Gasteiger partial charge is 0.126 e.